The molecule has 1 amide bonds. The van der Waals surface area contributed by atoms with E-state index in [0.717, 1.165) is 69.8 Å². The lowest BCUT2D eigenvalue weighted by Gasteiger charge is -2.55. The van der Waals surface area contributed by atoms with Crippen LogP contribution in [0.2, 0.25) is 0 Å². The molecule has 1 heterocycles. The van der Waals surface area contributed by atoms with Gasteiger partial charge in [0.2, 0.25) is 5.91 Å². The van der Waals surface area contributed by atoms with Crippen molar-refractivity contribution in [2.45, 2.75) is 88.7 Å². The summed E-state index contributed by atoms with van der Waals surface area (Å²) in [5, 5.41) is 3.37. The molecule has 0 radical (unpaired) electrons. The second-order valence-corrected chi connectivity index (χ2v) is 12.3. The average Bonchev–Trinajstić information content (AvgIpc) is 3.77. The maximum atomic E-state index is 13.1. The normalized spacial score (nSPS) is 26.5. The molecule has 40 heavy (non-hydrogen) atoms. The molecule has 6 heteroatoms. The Bertz CT molecular complexity index is 1130. The number of carbonyl (C=O) groups excluding carboxylic acids is 2. The monoisotopic (exact) mass is 546 g/mol. The molecule has 1 N–H and O–H groups in total. The zero-order chi connectivity index (χ0) is 28.0. The molecule has 2 aromatic carbocycles. The molecule has 0 spiro atoms. The predicted octanol–water partition coefficient (Wildman–Crippen LogP) is 5.68. The van der Waals surface area contributed by atoms with Crippen LogP contribution in [-0.4, -0.2) is 55.7 Å². The van der Waals surface area contributed by atoms with Gasteiger partial charge in [0.25, 0.3) is 0 Å². The van der Waals surface area contributed by atoms with Crippen molar-refractivity contribution in [1.29, 1.82) is 0 Å². The highest BCUT2D eigenvalue weighted by Gasteiger charge is 2.54. The van der Waals surface area contributed by atoms with Crippen LogP contribution in [0.1, 0.15) is 75.8 Å². The topological polar surface area (TPSA) is 67.9 Å². The van der Waals surface area contributed by atoms with Crippen LogP contribution >= 0.6 is 0 Å². The van der Waals surface area contributed by atoms with E-state index in [4.69, 9.17) is 9.47 Å². The van der Waals surface area contributed by atoms with Crippen LogP contribution in [0.15, 0.2) is 54.6 Å². The van der Waals surface area contributed by atoms with Gasteiger partial charge in [-0.3, -0.25) is 9.59 Å². The van der Waals surface area contributed by atoms with Crippen molar-refractivity contribution in [3.8, 4) is 5.75 Å². The first kappa shape index (κ1) is 28.7. The Hall–Kier alpha value is -2.86. The molecule has 4 unspecified atom stereocenters. The second-order valence-electron chi connectivity index (χ2n) is 12.3. The van der Waals surface area contributed by atoms with Crippen molar-refractivity contribution < 1.29 is 19.1 Å². The van der Waals surface area contributed by atoms with E-state index in [1.165, 1.54) is 30.9 Å². The van der Waals surface area contributed by atoms with E-state index >= 15 is 0 Å². The number of esters is 1. The number of hydrogen-bond acceptors (Lipinski definition) is 5. The number of ether oxygens (including phenoxy) is 2. The van der Waals surface area contributed by atoms with Gasteiger partial charge in [-0.1, -0.05) is 48.9 Å². The molecule has 2 aliphatic carbocycles. The quantitative estimate of drug-likeness (QED) is 0.274. The van der Waals surface area contributed by atoms with Gasteiger partial charge in [-0.15, -0.1) is 0 Å². The van der Waals surface area contributed by atoms with Gasteiger partial charge in [-0.25, -0.2) is 0 Å². The maximum absolute atomic E-state index is 13.1. The van der Waals surface area contributed by atoms with E-state index in [1.54, 1.807) is 7.11 Å². The molecule has 0 bridgehead atoms. The summed E-state index contributed by atoms with van der Waals surface area (Å²) in [6.45, 7) is 4.60. The maximum Gasteiger partial charge on any atom is 0.302 e. The fourth-order valence-corrected chi connectivity index (χ4v) is 7.21. The van der Waals surface area contributed by atoms with Gasteiger partial charge >= 0.3 is 5.97 Å². The highest BCUT2D eigenvalue weighted by Crippen LogP contribution is 2.51. The summed E-state index contributed by atoms with van der Waals surface area (Å²) in [6.07, 6.45) is 9.56. The van der Waals surface area contributed by atoms with Crippen molar-refractivity contribution in [3.05, 3.63) is 65.7 Å². The lowest BCUT2D eigenvalue weighted by Crippen LogP contribution is -2.61. The number of piperidine rings is 1. The molecule has 3 aliphatic rings. The summed E-state index contributed by atoms with van der Waals surface area (Å²) in [5.41, 5.74) is 2.41. The number of nitrogens with zero attached hydrogens (tertiary/aromatic N) is 1. The third-order valence-corrected chi connectivity index (χ3v) is 9.37. The number of carbonyl (C=O) groups is 2. The zero-order valence-corrected chi connectivity index (χ0v) is 24.3. The first-order valence-corrected chi connectivity index (χ1v) is 15.3. The molecular weight excluding hydrogens is 500 g/mol. The van der Waals surface area contributed by atoms with Crippen LogP contribution in [0, 0.1) is 11.8 Å². The van der Waals surface area contributed by atoms with Gasteiger partial charge in [0.1, 0.15) is 11.9 Å². The summed E-state index contributed by atoms with van der Waals surface area (Å²) in [7, 11) is 1.71. The number of fused-ring (bicyclic) bond motifs is 1. The number of benzene rings is 2. The molecule has 2 saturated carbocycles. The highest BCUT2D eigenvalue weighted by atomic mass is 16.5. The van der Waals surface area contributed by atoms with E-state index in [0.29, 0.717) is 12.8 Å². The van der Waals surface area contributed by atoms with Crippen LogP contribution in [0.4, 0.5) is 0 Å². The molecule has 3 fully saturated rings. The molecule has 5 rings (SSSR count). The smallest absolute Gasteiger partial charge is 0.302 e. The molecule has 1 saturated heterocycles. The molecule has 6 nitrogen and oxygen atoms in total. The summed E-state index contributed by atoms with van der Waals surface area (Å²) in [6, 6.07) is 18.9. The van der Waals surface area contributed by atoms with Crippen molar-refractivity contribution in [2.75, 3.05) is 26.7 Å². The Balaban J connectivity index is 1.27. The molecule has 2 aromatic rings. The van der Waals surface area contributed by atoms with E-state index in [2.05, 4.69) is 52.7 Å². The summed E-state index contributed by atoms with van der Waals surface area (Å²) >= 11 is 0. The number of aryl methyl sites for hydroxylation is 1. The van der Waals surface area contributed by atoms with Crippen molar-refractivity contribution >= 4 is 11.9 Å². The van der Waals surface area contributed by atoms with Gasteiger partial charge in [-0.2, -0.15) is 0 Å². The van der Waals surface area contributed by atoms with E-state index < -0.39 is 0 Å². The first-order valence-electron chi connectivity index (χ1n) is 15.3. The summed E-state index contributed by atoms with van der Waals surface area (Å²) in [5.74, 6) is 1.71. The van der Waals surface area contributed by atoms with Gasteiger partial charge < -0.3 is 19.7 Å². The van der Waals surface area contributed by atoms with Gasteiger partial charge in [0.05, 0.1) is 7.11 Å². The Morgan fingerprint density at radius 2 is 1.88 bits per heavy atom. The third-order valence-electron chi connectivity index (χ3n) is 9.37. The standard InChI is InChI=1S/C34H46N2O4/c1-25(37)40-32-21-29(35-33(38)15-8-4-7-12-26-10-5-3-6-11-26)22-34(28-13-9-14-30(20-28)39-2)18-19-36(24-31(32)34)23-27-16-17-27/h3,5-6,9-11,13-14,20,27,29,31-32H,4,7-8,12,15-19,21-24H2,1-2H3,(H,35,38). The van der Waals surface area contributed by atoms with E-state index in [9.17, 15) is 9.59 Å². The fourth-order valence-electron chi connectivity index (χ4n) is 7.21. The van der Waals surface area contributed by atoms with Crippen LogP contribution in [0.5, 0.6) is 5.75 Å². The lowest BCUT2D eigenvalue weighted by molar-refractivity contribution is -0.157. The predicted molar refractivity (Wildman–Crippen MR) is 157 cm³/mol. The molecule has 4 atom stereocenters. The number of likely N-dealkylation sites (tertiary alicyclic amines) is 1. The van der Waals surface area contributed by atoms with Crippen molar-refractivity contribution in [1.82, 2.24) is 10.2 Å². The lowest BCUT2D eigenvalue weighted by atomic mass is 9.57. The molecule has 0 aromatic heterocycles. The minimum atomic E-state index is -0.241. The summed E-state index contributed by atoms with van der Waals surface area (Å²) < 4.78 is 11.7. The minimum Gasteiger partial charge on any atom is -0.497 e. The Morgan fingerprint density at radius 1 is 1.05 bits per heavy atom. The van der Waals surface area contributed by atoms with Crippen LogP contribution in [0.3, 0.4) is 0 Å². The van der Waals surface area contributed by atoms with Gasteiger partial charge in [0, 0.05) is 50.2 Å². The van der Waals surface area contributed by atoms with Crippen LogP contribution in [0.25, 0.3) is 0 Å². The zero-order valence-electron chi connectivity index (χ0n) is 24.3. The molecular formula is C34H46N2O4. The van der Waals surface area contributed by atoms with Gasteiger partial charge in [-0.05, 0) is 80.7 Å². The number of amides is 1. The molecule has 1 aliphatic heterocycles. The molecule has 216 valence electrons. The van der Waals surface area contributed by atoms with Gasteiger partial charge in [0.15, 0.2) is 0 Å². The number of hydrogen-bond donors (Lipinski definition) is 1. The van der Waals surface area contributed by atoms with E-state index in [-0.39, 0.29) is 35.4 Å². The van der Waals surface area contributed by atoms with Crippen molar-refractivity contribution in [3.63, 3.8) is 0 Å². The number of methoxy groups -OCH3 is 1. The number of nitrogens with one attached hydrogen (secondary N) is 1. The average molecular weight is 547 g/mol. The van der Waals surface area contributed by atoms with Crippen molar-refractivity contribution in [2.24, 2.45) is 11.8 Å². The Labute approximate surface area is 239 Å². The largest absolute Gasteiger partial charge is 0.497 e. The SMILES string of the molecule is COc1cccc(C23CCN(CC4CC4)CC2C(OC(C)=O)CC(NC(=O)CCCCCc2ccccc2)C3)c1. The van der Waals surface area contributed by atoms with Crippen LogP contribution in [-0.2, 0) is 26.2 Å². The fraction of sp³-hybridized carbons (Fsp3) is 0.588. The number of rotatable bonds is 12. The van der Waals surface area contributed by atoms with Crippen LogP contribution < -0.4 is 10.1 Å². The first-order chi connectivity index (χ1) is 19.4. The third kappa shape index (κ3) is 7.25. The Kier molecular flexibility index (Phi) is 9.46. The minimum absolute atomic E-state index is 0.0291. The highest BCUT2D eigenvalue weighted by molar-refractivity contribution is 5.76. The number of unbranched alkanes of at least 4 members (excludes halogenated alkanes) is 2. The summed E-state index contributed by atoms with van der Waals surface area (Å²) in [4.78, 5) is 28.0. The Morgan fingerprint density at radius 3 is 2.62 bits per heavy atom. The van der Waals surface area contributed by atoms with E-state index in [1.807, 2.05) is 12.1 Å². The second kappa shape index (κ2) is 13.2.